The predicted molar refractivity (Wildman–Crippen MR) is 64.6 cm³/mol. The zero-order valence-electron chi connectivity index (χ0n) is 9.07. The molecule has 0 atom stereocenters. The molecule has 1 amide bonds. The number of anilines is 1. The molecule has 0 fully saturated rings. The molecule has 6 heteroatoms. The van der Waals surface area contributed by atoms with Gasteiger partial charge >= 0.3 is 0 Å². The first-order valence-electron chi connectivity index (χ1n) is 4.95. The van der Waals surface area contributed by atoms with Gasteiger partial charge < -0.3 is 15.8 Å². The standard InChI is InChI=1S/C11H12ClN3O2/c12-8-2-3-9(14)10(6-8)17-7-11(16)15-5-1-4-13/h2-3,6H,1,5,7,14H2,(H,15,16). The van der Waals surface area contributed by atoms with E-state index >= 15 is 0 Å². The van der Waals surface area contributed by atoms with E-state index in [0.29, 0.717) is 23.0 Å². The monoisotopic (exact) mass is 253 g/mol. The number of halogens is 1. The van der Waals surface area contributed by atoms with Crippen molar-refractivity contribution in [2.75, 3.05) is 18.9 Å². The topological polar surface area (TPSA) is 88.1 Å². The zero-order chi connectivity index (χ0) is 12.7. The minimum absolute atomic E-state index is 0.157. The van der Waals surface area contributed by atoms with Gasteiger partial charge in [0.25, 0.3) is 5.91 Å². The van der Waals surface area contributed by atoms with Gasteiger partial charge in [0.2, 0.25) is 0 Å². The molecular formula is C11H12ClN3O2. The number of carbonyl (C=O) groups excluding carboxylic acids is 1. The van der Waals surface area contributed by atoms with Crippen LogP contribution in [0.2, 0.25) is 5.02 Å². The highest BCUT2D eigenvalue weighted by molar-refractivity contribution is 6.30. The molecule has 0 aliphatic carbocycles. The average molecular weight is 254 g/mol. The van der Waals surface area contributed by atoms with Gasteiger partial charge in [-0.3, -0.25) is 4.79 Å². The van der Waals surface area contributed by atoms with Gasteiger partial charge in [0.15, 0.2) is 6.61 Å². The van der Waals surface area contributed by atoms with Crippen LogP contribution in [0.4, 0.5) is 5.69 Å². The van der Waals surface area contributed by atoms with E-state index < -0.39 is 0 Å². The lowest BCUT2D eigenvalue weighted by Gasteiger charge is -2.08. The van der Waals surface area contributed by atoms with Crippen LogP contribution in [0, 0.1) is 11.3 Å². The summed E-state index contributed by atoms with van der Waals surface area (Å²) in [5, 5.41) is 11.3. The van der Waals surface area contributed by atoms with Gasteiger partial charge in [-0.1, -0.05) is 11.6 Å². The number of nitrogens with zero attached hydrogens (tertiary/aromatic N) is 1. The predicted octanol–water partition coefficient (Wildman–Crippen LogP) is 1.33. The summed E-state index contributed by atoms with van der Waals surface area (Å²) in [6, 6.07) is 6.70. The van der Waals surface area contributed by atoms with Crippen LogP contribution in [0.1, 0.15) is 6.42 Å². The first kappa shape index (κ1) is 13.1. The molecule has 0 bridgehead atoms. The molecule has 0 radical (unpaired) electrons. The molecule has 1 rings (SSSR count). The highest BCUT2D eigenvalue weighted by Crippen LogP contribution is 2.25. The Balaban J connectivity index is 2.42. The molecule has 0 aliphatic rings. The van der Waals surface area contributed by atoms with Crippen molar-refractivity contribution >= 4 is 23.2 Å². The van der Waals surface area contributed by atoms with Crippen molar-refractivity contribution in [2.24, 2.45) is 0 Å². The number of nitriles is 1. The van der Waals surface area contributed by atoms with Gasteiger partial charge in [-0.05, 0) is 12.1 Å². The minimum Gasteiger partial charge on any atom is -0.482 e. The Morgan fingerprint density at radius 1 is 1.59 bits per heavy atom. The van der Waals surface area contributed by atoms with E-state index in [4.69, 9.17) is 27.3 Å². The Kier molecular flexibility index (Phi) is 5.11. The van der Waals surface area contributed by atoms with Crippen LogP contribution >= 0.6 is 11.6 Å². The lowest BCUT2D eigenvalue weighted by Crippen LogP contribution is -2.29. The number of hydrogen-bond donors (Lipinski definition) is 2. The maximum Gasteiger partial charge on any atom is 0.257 e. The minimum atomic E-state index is -0.306. The van der Waals surface area contributed by atoms with Crippen LogP contribution in [-0.2, 0) is 4.79 Å². The van der Waals surface area contributed by atoms with E-state index in [1.54, 1.807) is 18.2 Å². The molecule has 0 spiro atoms. The summed E-state index contributed by atoms with van der Waals surface area (Å²) in [5.41, 5.74) is 6.05. The third-order valence-electron chi connectivity index (χ3n) is 1.89. The van der Waals surface area contributed by atoms with Crippen LogP contribution in [0.25, 0.3) is 0 Å². The number of ether oxygens (including phenoxy) is 1. The lowest BCUT2D eigenvalue weighted by atomic mass is 10.3. The number of benzene rings is 1. The van der Waals surface area contributed by atoms with Gasteiger partial charge in [-0.15, -0.1) is 0 Å². The molecule has 1 aromatic carbocycles. The maximum atomic E-state index is 11.3. The highest BCUT2D eigenvalue weighted by atomic mass is 35.5. The second-order valence-corrected chi connectivity index (χ2v) is 3.67. The van der Waals surface area contributed by atoms with Crippen molar-refractivity contribution < 1.29 is 9.53 Å². The summed E-state index contributed by atoms with van der Waals surface area (Å²) in [5.74, 6) is 0.0626. The highest BCUT2D eigenvalue weighted by Gasteiger charge is 2.05. The molecule has 90 valence electrons. The molecule has 0 saturated carbocycles. The Morgan fingerprint density at radius 2 is 2.35 bits per heavy atom. The molecule has 0 heterocycles. The zero-order valence-corrected chi connectivity index (χ0v) is 9.83. The van der Waals surface area contributed by atoms with E-state index in [1.807, 2.05) is 6.07 Å². The largest absolute Gasteiger partial charge is 0.482 e. The van der Waals surface area contributed by atoms with Crippen LogP contribution in [0.5, 0.6) is 5.75 Å². The second-order valence-electron chi connectivity index (χ2n) is 3.23. The number of rotatable bonds is 5. The van der Waals surface area contributed by atoms with E-state index in [2.05, 4.69) is 5.32 Å². The fraction of sp³-hybridized carbons (Fsp3) is 0.273. The molecule has 5 nitrogen and oxygen atoms in total. The van der Waals surface area contributed by atoms with E-state index in [-0.39, 0.29) is 18.9 Å². The summed E-state index contributed by atoms with van der Waals surface area (Å²) in [4.78, 5) is 11.3. The third-order valence-corrected chi connectivity index (χ3v) is 2.13. The normalized spacial score (nSPS) is 9.41. The van der Waals surface area contributed by atoms with Crippen LogP contribution in [0.3, 0.4) is 0 Å². The molecule has 17 heavy (non-hydrogen) atoms. The number of nitrogen functional groups attached to an aromatic ring is 1. The molecule has 0 unspecified atom stereocenters. The van der Waals surface area contributed by atoms with Crippen molar-refractivity contribution in [1.29, 1.82) is 5.26 Å². The average Bonchev–Trinajstić information content (AvgIpc) is 2.31. The number of nitrogens with one attached hydrogen (secondary N) is 1. The van der Waals surface area contributed by atoms with E-state index in [0.717, 1.165) is 0 Å². The van der Waals surface area contributed by atoms with Crippen molar-refractivity contribution in [3.05, 3.63) is 23.2 Å². The fourth-order valence-corrected chi connectivity index (χ4v) is 1.25. The molecule has 0 aliphatic heterocycles. The molecule has 3 N–H and O–H groups in total. The smallest absolute Gasteiger partial charge is 0.257 e. The first-order chi connectivity index (χ1) is 8.13. The molecule has 0 saturated heterocycles. The van der Waals surface area contributed by atoms with Crippen LogP contribution in [0.15, 0.2) is 18.2 Å². The van der Waals surface area contributed by atoms with Gasteiger partial charge in [-0.2, -0.15) is 5.26 Å². The summed E-state index contributed by atoms with van der Waals surface area (Å²) in [6.07, 6.45) is 0.269. The van der Waals surface area contributed by atoms with Crippen LogP contribution < -0.4 is 15.8 Å². The summed E-state index contributed by atoms with van der Waals surface area (Å²) >= 11 is 5.76. The van der Waals surface area contributed by atoms with Gasteiger partial charge in [0.1, 0.15) is 5.75 Å². The summed E-state index contributed by atoms with van der Waals surface area (Å²) in [6.45, 7) is 0.152. The van der Waals surface area contributed by atoms with Gasteiger partial charge in [-0.25, -0.2) is 0 Å². The fourth-order valence-electron chi connectivity index (χ4n) is 1.09. The Bertz CT molecular complexity index is 443. The van der Waals surface area contributed by atoms with Gasteiger partial charge in [0.05, 0.1) is 18.2 Å². The second kappa shape index (κ2) is 6.61. The molecular weight excluding hydrogens is 242 g/mol. The number of hydrogen-bond acceptors (Lipinski definition) is 4. The first-order valence-corrected chi connectivity index (χ1v) is 5.32. The number of nitrogens with two attached hydrogens (primary N) is 1. The molecule has 0 aromatic heterocycles. The summed E-state index contributed by atoms with van der Waals surface area (Å²) < 4.78 is 5.21. The number of carbonyl (C=O) groups is 1. The van der Waals surface area contributed by atoms with Crippen molar-refractivity contribution in [2.45, 2.75) is 6.42 Å². The van der Waals surface area contributed by atoms with Crippen molar-refractivity contribution in [3.8, 4) is 11.8 Å². The summed E-state index contributed by atoms with van der Waals surface area (Å²) in [7, 11) is 0. The maximum absolute atomic E-state index is 11.3. The Labute approximate surface area is 104 Å². The van der Waals surface area contributed by atoms with E-state index in [1.165, 1.54) is 0 Å². The molecule has 1 aromatic rings. The SMILES string of the molecule is N#CCCNC(=O)COc1cc(Cl)ccc1N. The Hall–Kier alpha value is -1.93. The van der Waals surface area contributed by atoms with Crippen molar-refractivity contribution in [1.82, 2.24) is 5.32 Å². The van der Waals surface area contributed by atoms with Gasteiger partial charge in [0, 0.05) is 17.6 Å². The number of amides is 1. The van der Waals surface area contributed by atoms with Crippen molar-refractivity contribution in [3.63, 3.8) is 0 Å². The lowest BCUT2D eigenvalue weighted by molar-refractivity contribution is -0.123. The van der Waals surface area contributed by atoms with Crippen LogP contribution in [-0.4, -0.2) is 19.1 Å². The quantitative estimate of drug-likeness (QED) is 0.612. The third kappa shape index (κ3) is 4.62. The Morgan fingerprint density at radius 3 is 3.06 bits per heavy atom. The van der Waals surface area contributed by atoms with E-state index in [9.17, 15) is 4.79 Å².